The van der Waals surface area contributed by atoms with E-state index in [0.29, 0.717) is 20.7 Å². The third kappa shape index (κ3) is 3.18. The van der Waals surface area contributed by atoms with Gasteiger partial charge < -0.3 is 11.1 Å². The molecule has 0 aliphatic heterocycles. The molecule has 5 heteroatoms. The van der Waals surface area contributed by atoms with E-state index in [4.69, 9.17) is 28.9 Å². The molecule has 1 rings (SSSR count). The van der Waals surface area contributed by atoms with Gasteiger partial charge in [-0.25, -0.2) is 0 Å². The van der Waals surface area contributed by atoms with Crippen LogP contribution in [0.25, 0.3) is 0 Å². The second kappa shape index (κ2) is 5.20. The van der Waals surface area contributed by atoms with Gasteiger partial charge in [0.05, 0.1) is 20.7 Å². The van der Waals surface area contributed by atoms with Crippen LogP contribution in [-0.4, -0.2) is 4.99 Å². The van der Waals surface area contributed by atoms with Crippen LogP contribution in [0.4, 0.5) is 5.69 Å². The molecule has 0 bridgehead atoms. The molecule has 3 N–H and O–H groups in total. The predicted molar refractivity (Wildman–Crippen MR) is 66.0 cm³/mol. The number of anilines is 1. The van der Waals surface area contributed by atoms with Gasteiger partial charge in [0.2, 0.25) is 0 Å². The van der Waals surface area contributed by atoms with Gasteiger partial charge in [-0.2, -0.15) is 0 Å². The van der Waals surface area contributed by atoms with Gasteiger partial charge in [0, 0.05) is 6.20 Å². The number of benzene rings is 1. The Labute approximate surface area is 97.7 Å². The molecule has 1 aromatic carbocycles. The highest BCUT2D eigenvalue weighted by molar-refractivity contribution is 7.80. The molecule has 0 aromatic heterocycles. The Morgan fingerprint density at radius 1 is 1.36 bits per heavy atom. The van der Waals surface area contributed by atoms with Crippen molar-refractivity contribution in [3.8, 4) is 0 Å². The minimum Gasteiger partial charge on any atom is -0.390 e. The van der Waals surface area contributed by atoms with E-state index >= 15 is 0 Å². The lowest BCUT2D eigenvalue weighted by Crippen LogP contribution is -2.03. The Balaban J connectivity index is 2.81. The molecular weight excluding hydrogens is 239 g/mol. The van der Waals surface area contributed by atoms with Gasteiger partial charge >= 0.3 is 0 Å². The molecule has 0 radical (unpaired) electrons. The first-order valence-corrected chi connectivity index (χ1v) is 4.94. The van der Waals surface area contributed by atoms with Gasteiger partial charge in [-0.1, -0.05) is 41.5 Å². The summed E-state index contributed by atoms with van der Waals surface area (Å²) in [5.74, 6) is 0. The van der Waals surface area contributed by atoms with Crippen molar-refractivity contribution in [3.05, 3.63) is 40.5 Å². The molecule has 0 aliphatic carbocycles. The third-order valence-corrected chi connectivity index (χ3v) is 2.20. The van der Waals surface area contributed by atoms with E-state index in [-0.39, 0.29) is 0 Å². The van der Waals surface area contributed by atoms with E-state index in [1.165, 1.54) is 0 Å². The average Bonchev–Trinajstić information content (AvgIpc) is 2.09. The Morgan fingerprint density at radius 3 is 2.43 bits per heavy atom. The molecule has 0 atom stereocenters. The highest BCUT2D eigenvalue weighted by Crippen LogP contribution is 2.29. The zero-order valence-corrected chi connectivity index (χ0v) is 9.46. The molecule has 0 heterocycles. The van der Waals surface area contributed by atoms with Crippen LogP contribution in [-0.2, 0) is 0 Å². The van der Waals surface area contributed by atoms with Crippen LogP contribution in [0.5, 0.6) is 0 Å². The molecular formula is C9H8Cl2N2S. The number of rotatable bonds is 3. The van der Waals surface area contributed by atoms with Gasteiger partial charge in [-0.3, -0.25) is 0 Å². The standard InChI is InChI=1S/C9H8Cl2N2S/c10-6-2-1-3-7(11)9(6)13-5-4-8(12)14/h1-5,13H,(H2,12,14)/b5-4-. The van der Waals surface area contributed by atoms with Crippen LogP contribution in [0.3, 0.4) is 0 Å². The second-order valence-corrected chi connectivity index (χ2v) is 3.76. The van der Waals surface area contributed by atoms with Crippen LogP contribution < -0.4 is 11.1 Å². The highest BCUT2D eigenvalue weighted by atomic mass is 35.5. The first-order valence-electron chi connectivity index (χ1n) is 3.78. The summed E-state index contributed by atoms with van der Waals surface area (Å²) >= 11 is 16.5. The molecule has 0 amide bonds. The maximum Gasteiger partial charge on any atom is 0.0976 e. The van der Waals surface area contributed by atoms with Gasteiger partial charge in [-0.15, -0.1) is 0 Å². The number of para-hydroxylation sites is 1. The SMILES string of the molecule is NC(=S)/C=C\Nc1c(Cl)cccc1Cl. The molecule has 0 spiro atoms. The molecule has 0 fully saturated rings. The third-order valence-electron chi connectivity index (χ3n) is 1.44. The maximum atomic E-state index is 5.90. The van der Waals surface area contributed by atoms with Crippen molar-refractivity contribution in [2.45, 2.75) is 0 Å². The molecule has 0 unspecified atom stereocenters. The molecule has 0 aliphatic rings. The number of halogens is 2. The van der Waals surface area contributed by atoms with Crippen molar-refractivity contribution < 1.29 is 0 Å². The summed E-state index contributed by atoms with van der Waals surface area (Å²) in [6, 6.07) is 5.25. The van der Waals surface area contributed by atoms with Crippen molar-refractivity contribution in [2.75, 3.05) is 5.32 Å². The van der Waals surface area contributed by atoms with Gasteiger partial charge in [0.25, 0.3) is 0 Å². The minimum atomic E-state index is 0.292. The Kier molecular flexibility index (Phi) is 4.20. The van der Waals surface area contributed by atoms with Crippen molar-refractivity contribution in [2.24, 2.45) is 5.73 Å². The van der Waals surface area contributed by atoms with Crippen molar-refractivity contribution in [1.29, 1.82) is 0 Å². The fraction of sp³-hybridized carbons (Fsp3) is 0. The highest BCUT2D eigenvalue weighted by Gasteiger charge is 2.01. The zero-order chi connectivity index (χ0) is 10.6. The second-order valence-electron chi connectivity index (χ2n) is 2.48. The summed E-state index contributed by atoms with van der Waals surface area (Å²) in [5.41, 5.74) is 5.91. The van der Waals surface area contributed by atoms with E-state index in [0.717, 1.165) is 0 Å². The molecule has 14 heavy (non-hydrogen) atoms. The summed E-state index contributed by atoms with van der Waals surface area (Å²) in [6.45, 7) is 0. The normalized spacial score (nSPS) is 10.4. The van der Waals surface area contributed by atoms with Gasteiger partial charge in [-0.05, 0) is 18.2 Å². The number of hydrogen-bond acceptors (Lipinski definition) is 2. The summed E-state index contributed by atoms with van der Waals surface area (Å²) in [6.07, 6.45) is 3.14. The predicted octanol–water partition coefficient (Wildman–Crippen LogP) is 3.21. The number of thiocarbonyl (C=S) groups is 1. The fourth-order valence-corrected chi connectivity index (χ4v) is 1.42. The smallest absolute Gasteiger partial charge is 0.0976 e. The molecule has 74 valence electrons. The monoisotopic (exact) mass is 246 g/mol. The van der Waals surface area contributed by atoms with E-state index in [9.17, 15) is 0 Å². The van der Waals surface area contributed by atoms with Gasteiger partial charge in [0.1, 0.15) is 0 Å². The quantitative estimate of drug-likeness (QED) is 0.636. The lowest BCUT2D eigenvalue weighted by Gasteiger charge is -2.05. The van der Waals surface area contributed by atoms with Crippen LogP contribution in [0.1, 0.15) is 0 Å². The Hall–Kier alpha value is -0.770. The summed E-state index contributed by atoms with van der Waals surface area (Å²) in [7, 11) is 0. The number of nitrogens with one attached hydrogen (secondary N) is 1. The Morgan fingerprint density at radius 2 is 1.93 bits per heavy atom. The van der Waals surface area contributed by atoms with Crippen LogP contribution in [0.2, 0.25) is 10.0 Å². The van der Waals surface area contributed by atoms with Crippen LogP contribution >= 0.6 is 35.4 Å². The van der Waals surface area contributed by atoms with Crippen molar-refractivity contribution in [3.63, 3.8) is 0 Å². The number of nitrogens with two attached hydrogens (primary N) is 1. The lowest BCUT2D eigenvalue weighted by molar-refractivity contribution is 1.58. The molecule has 1 aromatic rings. The zero-order valence-electron chi connectivity index (χ0n) is 7.13. The average molecular weight is 247 g/mol. The van der Waals surface area contributed by atoms with E-state index in [2.05, 4.69) is 17.5 Å². The van der Waals surface area contributed by atoms with E-state index < -0.39 is 0 Å². The van der Waals surface area contributed by atoms with Gasteiger partial charge in [0.15, 0.2) is 0 Å². The van der Waals surface area contributed by atoms with E-state index in [1.807, 2.05) is 0 Å². The molecule has 2 nitrogen and oxygen atoms in total. The first kappa shape index (κ1) is 11.3. The number of hydrogen-bond donors (Lipinski definition) is 2. The fourth-order valence-electron chi connectivity index (χ4n) is 0.843. The minimum absolute atomic E-state index is 0.292. The largest absolute Gasteiger partial charge is 0.390 e. The summed E-state index contributed by atoms with van der Waals surface area (Å²) in [4.78, 5) is 0.292. The molecule has 0 saturated heterocycles. The first-order chi connectivity index (χ1) is 6.61. The summed E-state index contributed by atoms with van der Waals surface area (Å²) < 4.78 is 0. The Bertz CT molecular complexity index is 357. The topological polar surface area (TPSA) is 38.0 Å². The van der Waals surface area contributed by atoms with Crippen molar-refractivity contribution in [1.82, 2.24) is 0 Å². The maximum absolute atomic E-state index is 5.90. The van der Waals surface area contributed by atoms with Crippen LogP contribution in [0, 0.1) is 0 Å². The molecule has 0 saturated carbocycles. The summed E-state index contributed by atoms with van der Waals surface area (Å²) in [5, 5.41) is 3.99. The van der Waals surface area contributed by atoms with Crippen LogP contribution in [0.15, 0.2) is 30.5 Å². The van der Waals surface area contributed by atoms with Crippen molar-refractivity contribution >= 4 is 46.1 Å². The lowest BCUT2D eigenvalue weighted by atomic mass is 10.3. The van der Waals surface area contributed by atoms with E-state index in [1.54, 1.807) is 30.5 Å².